The average molecular weight is 477 g/mol. The molecule has 34 heavy (non-hydrogen) atoms. The molecule has 4 heteroatoms. The third-order valence-corrected chi connectivity index (χ3v) is 9.80. The molecule has 0 aliphatic heterocycles. The number of hydrogen-bond donors (Lipinski definition) is 0. The van der Waals surface area contributed by atoms with E-state index >= 15 is 0 Å². The Labute approximate surface area is 209 Å². The molecule has 0 aromatic heterocycles. The van der Waals surface area contributed by atoms with Crippen molar-refractivity contribution in [2.45, 2.75) is 129 Å². The first-order valence-corrected chi connectivity index (χ1v) is 14.6. The van der Waals surface area contributed by atoms with E-state index in [0.29, 0.717) is 35.6 Å². The quantitative estimate of drug-likeness (QED) is 0.249. The van der Waals surface area contributed by atoms with Crippen molar-refractivity contribution in [2.24, 2.45) is 35.5 Å². The van der Waals surface area contributed by atoms with Gasteiger partial charge >= 0.3 is 0 Å². The summed E-state index contributed by atoms with van der Waals surface area (Å²) < 4.78 is 10.8. The number of ketones is 2. The lowest BCUT2D eigenvalue weighted by atomic mass is 9.70. The normalized spacial score (nSPS) is 33.3. The zero-order valence-corrected chi connectivity index (χ0v) is 22.6. The number of carbonyl (C=O) groups is 2. The molecule has 0 radical (unpaired) electrons. The molecule has 8 unspecified atom stereocenters. The number of fused-ring (bicyclic) bond motifs is 2. The smallest absolute Gasteiger partial charge is 0.136 e. The average Bonchev–Trinajstić information content (AvgIpc) is 3.34. The lowest BCUT2D eigenvalue weighted by Gasteiger charge is -2.32. The maximum absolute atomic E-state index is 11.5. The van der Waals surface area contributed by atoms with Crippen molar-refractivity contribution in [3.8, 4) is 0 Å². The lowest BCUT2D eigenvalue weighted by Crippen LogP contribution is -2.36. The van der Waals surface area contributed by atoms with E-state index in [1.165, 1.54) is 77.0 Å². The minimum absolute atomic E-state index is 0.441. The highest BCUT2D eigenvalue weighted by atomic mass is 16.5. The molecule has 0 aromatic rings. The second kappa shape index (κ2) is 14.1. The minimum Gasteiger partial charge on any atom is -0.381 e. The fourth-order valence-corrected chi connectivity index (χ4v) is 7.50. The lowest BCUT2D eigenvalue weighted by molar-refractivity contribution is -0.135. The van der Waals surface area contributed by atoms with E-state index < -0.39 is 0 Å². The van der Waals surface area contributed by atoms with Crippen LogP contribution in [0, 0.1) is 35.5 Å². The standard InChI is InChI=1S/2C15H26O2/c2*1-3-13(17-2)7-5-4-6-11-8-9-12-10-14(16)15(11)12/h2*11-13,15H,3-10H2,1-2H3. The largest absolute Gasteiger partial charge is 0.381 e. The van der Waals surface area contributed by atoms with Crippen LogP contribution < -0.4 is 0 Å². The Morgan fingerprint density at radius 2 is 1.09 bits per heavy atom. The number of rotatable bonds is 14. The Kier molecular flexibility index (Phi) is 11.6. The van der Waals surface area contributed by atoms with Gasteiger partial charge in [0, 0.05) is 38.9 Å². The van der Waals surface area contributed by atoms with Gasteiger partial charge in [0.1, 0.15) is 11.6 Å². The summed E-state index contributed by atoms with van der Waals surface area (Å²) in [5.41, 5.74) is 0. The van der Waals surface area contributed by atoms with Crippen LogP contribution in [0.25, 0.3) is 0 Å². The molecule has 8 atom stereocenters. The number of unbranched alkanes of at least 4 members (excludes halogenated alkanes) is 2. The summed E-state index contributed by atoms with van der Waals surface area (Å²) in [5, 5.41) is 0. The Bertz CT molecular complexity index is 569. The molecular weight excluding hydrogens is 424 g/mol. The van der Waals surface area contributed by atoms with Gasteiger partial charge in [-0.1, -0.05) is 39.5 Å². The molecular formula is C30H52O4. The van der Waals surface area contributed by atoms with Crippen LogP contribution in [0.4, 0.5) is 0 Å². The maximum Gasteiger partial charge on any atom is 0.136 e. The van der Waals surface area contributed by atoms with Gasteiger partial charge in [0.15, 0.2) is 0 Å². The molecule has 0 bridgehead atoms. The van der Waals surface area contributed by atoms with Crippen molar-refractivity contribution >= 4 is 11.6 Å². The summed E-state index contributed by atoms with van der Waals surface area (Å²) in [7, 11) is 3.62. The molecule has 4 aliphatic rings. The summed E-state index contributed by atoms with van der Waals surface area (Å²) in [6.07, 6.45) is 20.1. The van der Waals surface area contributed by atoms with Gasteiger partial charge in [-0.3, -0.25) is 9.59 Å². The number of methoxy groups -OCH3 is 2. The minimum atomic E-state index is 0.441. The van der Waals surface area contributed by atoms with Crippen molar-refractivity contribution in [1.29, 1.82) is 0 Å². The zero-order valence-electron chi connectivity index (χ0n) is 22.6. The van der Waals surface area contributed by atoms with E-state index in [9.17, 15) is 9.59 Å². The number of Topliss-reactive ketones (excluding diaryl/α,β-unsaturated/α-hetero) is 2. The highest BCUT2D eigenvalue weighted by molar-refractivity contribution is 5.88. The fourth-order valence-electron chi connectivity index (χ4n) is 7.50. The number of carbonyl (C=O) groups excluding carboxylic acids is 2. The predicted octanol–water partition coefficient (Wildman–Crippen LogP) is 7.17. The molecule has 0 saturated heterocycles. The van der Waals surface area contributed by atoms with Crippen LogP contribution in [-0.4, -0.2) is 38.0 Å². The van der Waals surface area contributed by atoms with E-state index in [1.807, 2.05) is 14.2 Å². The van der Waals surface area contributed by atoms with E-state index in [4.69, 9.17) is 9.47 Å². The highest BCUT2D eigenvalue weighted by Crippen LogP contribution is 2.50. The van der Waals surface area contributed by atoms with E-state index in [2.05, 4.69) is 13.8 Å². The van der Waals surface area contributed by atoms with Crippen LogP contribution in [-0.2, 0) is 19.1 Å². The van der Waals surface area contributed by atoms with Gasteiger partial charge in [-0.05, 0) is 87.9 Å². The molecule has 4 aliphatic carbocycles. The van der Waals surface area contributed by atoms with Crippen LogP contribution >= 0.6 is 0 Å². The molecule has 0 amide bonds. The summed E-state index contributed by atoms with van der Waals surface area (Å²) >= 11 is 0. The topological polar surface area (TPSA) is 52.6 Å². The Morgan fingerprint density at radius 3 is 1.41 bits per heavy atom. The first-order valence-electron chi connectivity index (χ1n) is 14.6. The molecule has 4 saturated carbocycles. The van der Waals surface area contributed by atoms with Crippen molar-refractivity contribution in [1.82, 2.24) is 0 Å². The summed E-state index contributed by atoms with van der Waals surface area (Å²) in [5.74, 6) is 5.05. The molecule has 0 aromatic carbocycles. The molecule has 4 fully saturated rings. The summed E-state index contributed by atoms with van der Waals surface area (Å²) in [6.45, 7) is 4.37. The zero-order chi connectivity index (χ0) is 24.5. The molecule has 0 N–H and O–H groups in total. The second-order valence-electron chi connectivity index (χ2n) is 11.7. The third kappa shape index (κ3) is 7.15. The number of hydrogen-bond acceptors (Lipinski definition) is 4. The van der Waals surface area contributed by atoms with Gasteiger partial charge in [0.05, 0.1) is 12.2 Å². The predicted molar refractivity (Wildman–Crippen MR) is 138 cm³/mol. The van der Waals surface area contributed by atoms with Gasteiger partial charge in [-0.2, -0.15) is 0 Å². The van der Waals surface area contributed by atoms with Crippen LogP contribution in [0.3, 0.4) is 0 Å². The first-order chi connectivity index (χ1) is 16.5. The molecule has 0 heterocycles. The first kappa shape index (κ1) is 27.8. The summed E-state index contributed by atoms with van der Waals surface area (Å²) in [6, 6.07) is 0. The van der Waals surface area contributed by atoms with Crippen molar-refractivity contribution in [2.75, 3.05) is 14.2 Å². The second-order valence-corrected chi connectivity index (χ2v) is 11.7. The SMILES string of the molecule is CCC(CCCCC1CCC2CC(=O)C12)OC.CCC(CCCCC1CCC2CC(=O)C12)OC. The van der Waals surface area contributed by atoms with Crippen LogP contribution in [0.1, 0.15) is 117 Å². The van der Waals surface area contributed by atoms with Gasteiger partial charge in [0.25, 0.3) is 0 Å². The maximum atomic E-state index is 11.5. The Balaban J connectivity index is 0.000000191. The van der Waals surface area contributed by atoms with Crippen LogP contribution in [0.15, 0.2) is 0 Å². The monoisotopic (exact) mass is 476 g/mol. The highest BCUT2D eigenvalue weighted by Gasteiger charge is 2.49. The third-order valence-electron chi connectivity index (χ3n) is 9.80. The van der Waals surface area contributed by atoms with Crippen LogP contribution in [0.5, 0.6) is 0 Å². The van der Waals surface area contributed by atoms with Gasteiger partial charge in [-0.25, -0.2) is 0 Å². The summed E-state index contributed by atoms with van der Waals surface area (Å²) in [4.78, 5) is 23.1. The van der Waals surface area contributed by atoms with Crippen molar-refractivity contribution < 1.29 is 19.1 Å². The number of ether oxygens (including phenoxy) is 2. The van der Waals surface area contributed by atoms with Crippen LogP contribution in [0.2, 0.25) is 0 Å². The van der Waals surface area contributed by atoms with Gasteiger partial charge < -0.3 is 9.47 Å². The Morgan fingerprint density at radius 1 is 0.676 bits per heavy atom. The van der Waals surface area contributed by atoms with Crippen molar-refractivity contribution in [3.05, 3.63) is 0 Å². The molecule has 196 valence electrons. The van der Waals surface area contributed by atoms with E-state index in [0.717, 1.165) is 49.4 Å². The van der Waals surface area contributed by atoms with Gasteiger partial charge in [-0.15, -0.1) is 0 Å². The Hall–Kier alpha value is -0.740. The van der Waals surface area contributed by atoms with E-state index in [1.54, 1.807) is 0 Å². The van der Waals surface area contributed by atoms with E-state index in [-0.39, 0.29) is 0 Å². The molecule has 0 spiro atoms. The van der Waals surface area contributed by atoms with Crippen molar-refractivity contribution in [3.63, 3.8) is 0 Å². The molecule has 4 rings (SSSR count). The molecule has 4 nitrogen and oxygen atoms in total. The fraction of sp³-hybridized carbons (Fsp3) is 0.933. The van der Waals surface area contributed by atoms with Gasteiger partial charge in [0.2, 0.25) is 0 Å².